The molecule has 3 rings (SSSR count). The van der Waals surface area contributed by atoms with E-state index in [1.54, 1.807) is 42.5 Å². The van der Waals surface area contributed by atoms with Crippen molar-refractivity contribution in [3.05, 3.63) is 65.7 Å². The molecule has 3 amide bonds. The fourth-order valence-electron chi connectivity index (χ4n) is 4.05. The van der Waals surface area contributed by atoms with Gasteiger partial charge >= 0.3 is 5.97 Å². The van der Waals surface area contributed by atoms with Gasteiger partial charge in [-0.15, -0.1) is 0 Å². The van der Waals surface area contributed by atoms with E-state index in [2.05, 4.69) is 33.9 Å². The second kappa shape index (κ2) is 13.7. The number of carboxylic acid groups (broad SMARTS) is 1. The van der Waals surface area contributed by atoms with Gasteiger partial charge in [0.15, 0.2) is 0 Å². The van der Waals surface area contributed by atoms with Gasteiger partial charge in [0.05, 0.1) is 6.04 Å². The molecule has 2 aromatic rings. The van der Waals surface area contributed by atoms with Gasteiger partial charge < -0.3 is 31.5 Å². The summed E-state index contributed by atoms with van der Waals surface area (Å²) in [6, 6.07) is 11.2. The Bertz CT molecular complexity index is 1080. The quantitative estimate of drug-likeness (QED) is 0.197. The van der Waals surface area contributed by atoms with Gasteiger partial charge in [-0.05, 0) is 42.6 Å². The maximum atomic E-state index is 13.2. The molecule has 11 heteroatoms. The minimum absolute atomic E-state index is 0.00357. The van der Waals surface area contributed by atoms with E-state index in [4.69, 9.17) is 0 Å². The molecule has 0 radical (unpaired) electrons. The molecule has 4 unspecified atom stereocenters. The maximum absolute atomic E-state index is 13.2. The molecule has 10 nitrogen and oxygen atoms in total. The predicted octanol–water partition coefficient (Wildman–Crippen LogP) is 0.398. The molecule has 0 aromatic heterocycles. The zero-order valence-corrected chi connectivity index (χ0v) is 21.1. The minimum atomic E-state index is -1.22. The van der Waals surface area contributed by atoms with Crippen LogP contribution in [0.2, 0.25) is 0 Å². The van der Waals surface area contributed by atoms with Crippen LogP contribution >= 0.6 is 12.6 Å². The molecule has 0 aliphatic carbocycles. The van der Waals surface area contributed by atoms with E-state index in [1.807, 2.05) is 0 Å². The van der Waals surface area contributed by atoms with Crippen LogP contribution in [0.5, 0.6) is 5.75 Å². The van der Waals surface area contributed by atoms with Gasteiger partial charge in [-0.25, -0.2) is 4.79 Å². The molecule has 1 heterocycles. The fraction of sp³-hybridized carbons (Fsp3) is 0.385. The summed E-state index contributed by atoms with van der Waals surface area (Å²) in [5, 5.41) is 30.2. The van der Waals surface area contributed by atoms with Gasteiger partial charge in [0, 0.05) is 18.6 Å². The number of hydrogen-bond acceptors (Lipinski definition) is 7. The Hall–Kier alpha value is -3.57. The third kappa shape index (κ3) is 8.50. The molecule has 1 fully saturated rings. The molecular weight excluding hydrogens is 496 g/mol. The van der Waals surface area contributed by atoms with Crippen molar-refractivity contribution in [1.29, 1.82) is 0 Å². The number of carbonyl (C=O) groups is 4. The second-order valence-electron chi connectivity index (χ2n) is 8.91. The van der Waals surface area contributed by atoms with Crippen molar-refractivity contribution in [2.24, 2.45) is 0 Å². The molecular formula is C26H32N4O6S. The Morgan fingerprint density at radius 2 is 1.46 bits per heavy atom. The number of nitrogens with one attached hydrogen (secondary N) is 4. The summed E-state index contributed by atoms with van der Waals surface area (Å²) in [7, 11) is 0. The summed E-state index contributed by atoms with van der Waals surface area (Å²) in [5.74, 6) is -2.79. The molecule has 1 saturated heterocycles. The lowest BCUT2D eigenvalue weighted by atomic mass is 10.0. The first-order valence-electron chi connectivity index (χ1n) is 12.1. The minimum Gasteiger partial charge on any atom is -0.508 e. The Kier molecular flexibility index (Phi) is 10.3. The number of aromatic hydroxyl groups is 1. The van der Waals surface area contributed by atoms with E-state index in [9.17, 15) is 29.4 Å². The molecule has 6 N–H and O–H groups in total. The molecule has 37 heavy (non-hydrogen) atoms. The van der Waals surface area contributed by atoms with E-state index in [0.29, 0.717) is 12.0 Å². The van der Waals surface area contributed by atoms with Crippen molar-refractivity contribution in [3.8, 4) is 5.75 Å². The molecule has 1 aliphatic rings. The van der Waals surface area contributed by atoms with Gasteiger partial charge in [-0.1, -0.05) is 42.5 Å². The first kappa shape index (κ1) is 28.0. The van der Waals surface area contributed by atoms with E-state index >= 15 is 0 Å². The van der Waals surface area contributed by atoms with Crippen LogP contribution in [-0.2, 0) is 32.0 Å². The van der Waals surface area contributed by atoms with Crippen LogP contribution in [0.15, 0.2) is 54.6 Å². The average Bonchev–Trinajstić information content (AvgIpc) is 3.43. The van der Waals surface area contributed by atoms with Gasteiger partial charge in [0.25, 0.3) is 0 Å². The topological polar surface area (TPSA) is 157 Å². The first-order chi connectivity index (χ1) is 17.8. The Labute approximate surface area is 220 Å². The van der Waals surface area contributed by atoms with Crippen molar-refractivity contribution in [3.63, 3.8) is 0 Å². The molecule has 0 spiro atoms. The Morgan fingerprint density at radius 1 is 0.865 bits per heavy atom. The summed E-state index contributed by atoms with van der Waals surface area (Å²) in [6.07, 6.45) is 1.62. The Balaban J connectivity index is 1.74. The van der Waals surface area contributed by atoms with E-state index in [0.717, 1.165) is 18.5 Å². The molecule has 1 aliphatic heterocycles. The summed E-state index contributed by atoms with van der Waals surface area (Å²) in [5.41, 5.74) is 1.36. The SMILES string of the molecule is O=C(O)C(Cc1ccccc1)NC(=O)C(Cc1ccc(O)cc1)NC(=O)C(CS)NC(=O)C1CCCN1. The third-order valence-electron chi connectivity index (χ3n) is 6.10. The zero-order valence-electron chi connectivity index (χ0n) is 20.2. The van der Waals surface area contributed by atoms with Crippen molar-refractivity contribution >= 4 is 36.3 Å². The standard InChI is InChI=1S/C26H32N4O6S/c31-18-10-8-17(9-11-18)13-20(24(33)29-21(26(35)36)14-16-5-2-1-3-6-16)28-25(34)22(15-37)30-23(32)19-7-4-12-27-19/h1-3,5-6,8-11,19-22,27,31,37H,4,7,12-15H2,(H,28,34)(H,29,33)(H,30,32)(H,35,36). The summed E-state index contributed by atoms with van der Waals surface area (Å²) >= 11 is 4.19. The number of rotatable bonds is 12. The lowest BCUT2D eigenvalue weighted by Crippen LogP contribution is -2.58. The molecule has 2 aromatic carbocycles. The van der Waals surface area contributed by atoms with Crippen LogP contribution in [0.1, 0.15) is 24.0 Å². The van der Waals surface area contributed by atoms with Crippen LogP contribution < -0.4 is 21.3 Å². The van der Waals surface area contributed by atoms with Crippen LogP contribution in [0.3, 0.4) is 0 Å². The monoisotopic (exact) mass is 528 g/mol. The summed E-state index contributed by atoms with van der Waals surface area (Å²) < 4.78 is 0. The van der Waals surface area contributed by atoms with Crippen molar-refractivity contribution < 1.29 is 29.4 Å². The molecule has 198 valence electrons. The lowest BCUT2D eigenvalue weighted by molar-refractivity contribution is -0.142. The second-order valence-corrected chi connectivity index (χ2v) is 9.28. The van der Waals surface area contributed by atoms with Crippen LogP contribution in [0.25, 0.3) is 0 Å². The Morgan fingerprint density at radius 3 is 2.05 bits per heavy atom. The van der Waals surface area contributed by atoms with Gasteiger partial charge in [-0.2, -0.15) is 12.6 Å². The number of benzene rings is 2. The fourth-order valence-corrected chi connectivity index (χ4v) is 4.30. The summed E-state index contributed by atoms with van der Waals surface area (Å²) in [4.78, 5) is 50.7. The number of carbonyl (C=O) groups excluding carboxylic acids is 3. The van der Waals surface area contributed by atoms with Crippen LogP contribution in [-0.4, -0.2) is 70.4 Å². The molecule has 0 bridgehead atoms. The lowest BCUT2D eigenvalue weighted by Gasteiger charge is -2.25. The first-order valence-corrected chi connectivity index (χ1v) is 12.7. The number of carboxylic acids is 1. The van der Waals surface area contributed by atoms with Gasteiger partial charge in [0.1, 0.15) is 23.9 Å². The maximum Gasteiger partial charge on any atom is 0.326 e. The summed E-state index contributed by atoms with van der Waals surface area (Å²) in [6.45, 7) is 0.721. The predicted molar refractivity (Wildman–Crippen MR) is 140 cm³/mol. The zero-order chi connectivity index (χ0) is 26.8. The number of thiol groups is 1. The molecule has 0 saturated carbocycles. The highest BCUT2D eigenvalue weighted by Crippen LogP contribution is 2.13. The average molecular weight is 529 g/mol. The van der Waals surface area contributed by atoms with Crippen molar-refractivity contribution in [2.75, 3.05) is 12.3 Å². The largest absolute Gasteiger partial charge is 0.508 e. The highest BCUT2D eigenvalue weighted by Gasteiger charge is 2.31. The highest BCUT2D eigenvalue weighted by molar-refractivity contribution is 7.80. The van der Waals surface area contributed by atoms with Crippen molar-refractivity contribution in [2.45, 2.75) is 49.9 Å². The molecule has 4 atom stereocenters. The van der Waals surface area contributed by atoms with E-state index in [-0.39, 0.29) is 36.3 Å². The van der Waals surface area contributed by atoms with Crippen LogP contribution in [0.4, 0.5) is 0 Å². The number of hydrogen-bond donors (Lipinski definition) is 7. The van der Waals surface area contributed by atoms with E-state index in [1.165, 1.54) is 12.1 Å². The smallest absolute Gasteiger partial charge is 0.326 e. The van der Waals surface area contributed by atoms with E-state index < -0.39 is 35.9 Å². The van der Waals surface area contributed by atoms with Gasteiger partial charge in [-0.3, -0.25) is 14.4 Å². The number of phenols is 1. The highest BCUT2D eigenvalue weighted by atomic mass is 32.1. The number of amides is 3. The number of aliphatic carboxylic acids is 1. The third-order valence-corrected chi connectivity index (χ3v) is 6.46. The van der Waals surface area contributed by atoms with Crippen LogP contribution in [0, 0.1) is 0 Å². The van der Waals surface area contributed by atoms with Gasteiger partial charge in [0.2, 0.25) is 17.7 Å². The normalized spacial score (nSPS) is 17.3. The van der Waals surface area contributed by atoms with Crippen molar-refractivity contribution in [1.82, 2.24) is 21.3 Å². The number of phenolic OH excluding ortho intramolecular Hbond substituents is 1.